The second-order valence-electron chi connectivity index (χ2n) is 17.0. The Morgan fingerprint density at radius 3 is 1.39 bits per heavy atom. The molecule has 1 aliphatic rings. The van der Waals surface area contributed by atoms with Crippen LogP contribution in [0, 0.1) is 0 Å². The van der Waals surface area contributed by atoms with Crippen LogP contribution in [0.1, 0.15) is 226 Å². The van der Waals surface area contributed by atoms with Crippen molar-refractivity contribution in [2.75, 3.05) is 26.2 Å². The molecule has 0 aromatic heterocycles. The van der Waals surface area contributed by atoms with Crippen molar-refractivity contribution in [2.24, 2.45) is 5.73 Å². The van der Waals surface area contributed by atoms with Crippen molar-refractivity contribution in [1.29, 1.82) is 0 Å². The Morgan fingerprint density at radius 2 is 1.00 bits per heavy atom. The molecule has 0 aliphatic carbocycles. The van der Waals surface area contributed by atoms with Crippen molar-refractivity contribution < 1.29 is 34.4 Å². The molecule has 0 radical (unpaired) electrons. The maximum absolute atomic E-state index is 14.1. The van der Waals surface area contributed by atoms with E-state index in [2.05, 4.69) is 24.5 Å². The number of aliphatic hydroxyl groups is 3. The van der Waals surface area contributed by atoms with Gasteiger partial charge in [0, 0.05) is 19.4 Å². The Labute approximate surface area is 348 Å². The Hall–Kier alpha value is -1.79. The third-order valence-corrected chi connectivity index (χ3v) is 11.7. The summed E-state index contributed by atoms with van der Waals surface area (Å²) in [7, 11) is 0. The molecule has 336 valence electrons. The quantitative estimate of drug-likeness (QED) is 0.0264. The van der Waals surface area contributed by atoms with E-state index in [1.54, 1.807) is 0 Å². The first-order valence-electron chi connectivity index (χ1n) is 24.0. The molecule has 3 amide bonds. The number of aliphatic hydroxyl groups excluding tert-OH is 3. The average molecular weight is 811 g/mol. The SMILES string of the molecule is CCCCCCCCCCCCCCCCCCN(C(=O)CCCCCCCCCCCCCCCCC)[C@@]1(NC(=O)CNC(=O)CN)C[C@@H](O)[C@H](O)[C@@H](CO)O1. The summed E-state index contributed by atoms with van der Waals surface area (Å²) in [6.45, 7) is 3.51. The van der Waals surface area contributed by atoms with Gasteiger partial charge in [-0.3, -0.25) is 19.3 Å². The van der Waals surface area contributed by atoms with E-state index in [0.29, 0.717) is 12.8 Å². The van der Waals surface area contributed by atoms with E-state index in [1.807, 2.05) is 0 Å². The molecule has 0 aromatic carbocycles. The molecule has 0 aromatic rings. The van der Waals surface area contributed by atoms with E-state index >= 15 is 0 Å². The number of hydrogen-bond donors (Lipinski definition) is 6. The molecular formula is C46H90N4O7. The largest absolute Gasteiger partial charge is 0.394 e. The van der Waals surface area contributed by atoms with Crippen molar-refractivity contribution >= 4 is 17.7 Å². The minimum absolute atomic E-state index is 0.211. The fourth-order valence-corrected chi connectivity index (χ4v) is 8.11. The van der Waals surface area contributed by atoms with Gasteiger partial charge in [-0.25, -0.2) is 0 Å². The van der Waals surface area contributed by atoms with Gasteiger partial charge >= 0.3 is 0 Å². The zero-order valence-electron chi connectivity index (χ0n) is 36.9. The van der Waals surface area contributed by atoms with Gasteiger partial charge in [-0.05, 0) is 12.8 Å². The first kappa shape index (κ1) is 53.2. The van der Waals surface area contributed by atoms with E-state index < -0.39 is 49.1 Å². The van der Waals surface area contributed by atoms with Crippen molar-refractivity contribution in [1.82, 2.24) is 15.5 Å². The van der Waals surface area contributed by atoms with Gasteiger partial charge in [0.15, 0.2) is 0 Å². The van der Waals surface area contributed by atoms with E-state index in [-0.39, 0.29) is 31.8 Å². The van der Waals surface area contributed by atoms with Crippen LogP contribution in [0.25, 0.3) is 0 Å². The van der Waals surface area contributed by atoms with Gasteiger partial charge < -0.3 is 36.4 Å². The van der Waals surface area contributed by atoms with Crippen LogP contribution in [0.2, 0.25) is 0 Å². The van der Waals surface area contributed by atoms with Crippen molar-refractivity contribution in [3.8, 4) is 0 Å². The fourth-order valence-electron chi connectivity index (χ4n) is 8.11. The average Bonchev–Trinajstić information content (AvgIpc) is 3.20. The Bertz CT molecular complexity index is 988. The topological polar surface area (TPSA) is 174 Å². The second kappa shape index (κ2) is 36.1. The Morgan fingerprint density at radius 1 is 0.614 bits per heavy atom. The smallest absolute Gasteiger partial charge is 0.243 e. The van der Waals surface area contributed by atoms with Crippen molar-refractivity contribution in [2.45, 2.75) is 250 Å². The number of nitrogens with two attached hydrogens (primary N) is 1. The van der Waals surface area contributed by atoms with Crippen LogP contribution in [0.4, 0.5) is 0 Å². The maximum atomic E-state index is 14.1. The fraction of sp³-hybridized carbons (Fsp3) is 0.935. The highest BCUT2D eigenvalue weighted by Crippen LogP contribution is 2.32. The summed E-state index contributed by atoms with van der Waals surface area (Å²) in [6, 6.07) is 0. The highest BCUT2D eigenvalue weighted by atomic mass is 16.6. The molecule has 11 heteroatoms. The van der Waals surface area contributed by atoms with Crippen molar-refractivity contribution in [3.63, 3.8) is 0 Å². The van der Waals surface area contributed by atoms with Crippen LogP contribution < -0.4 is 16.4 Å². The zero-order chi connectivity index (χ0) is 41.8. The van der Waals surface area contributed by atoms with E-state index in [4.69, 9.17) is 10.5 Å². The number of ether oxygens (including phenoxy) is 1. The lowest BCUT2D eigenvalue weighted by molar-refractivity contribution is -0.280. The molecule has 4 atom stereocenters. The van der Waals surface area contributed by atoms with Gasteiger partial charge in [0.05, 0.1) is 25.8 Å². The molecule has 1 saturated heterocycles. The lowest BCUT2D eigenvalue weighted by atomic mass is 9.96. The van der Waals surface area contributed by atoms with Gasteiger partial charge in [-0.2, -0.15) is 0 Å². The van der Waals surface area contributed by atoms with Crippen LogP contribution >= 0.6 is 0 Å². The minimum Gasteiger partial charge on any atom is -0.394 e. The Balaban J connectivity index is 2.67. The molecule has 1 fully saturated rings. The Kier molecular flexibility index (Phi) is 33.7. The van der Waals surface area contributed by atoms with E-state index in [9.17, 15) is 29.7 Å². The summed E-state index contributed by atoms with van der Waals surface area (Å²) in [5.74, 6) is -3.15. The highest BCUT2D eigenvalue weighted by molar-refractivity contribution is 5.86. The first-order valence-corrected chi connectivity index (χ1v) is 24.0. The predicted molar refractivity (Wildman–Crippen MR) is 232 cm³/mol. The number of unbranched alkanes of at least 4 members (excludes halogenated alkanes) is 29. The van der Waals surface area contributed by atoms with Crippen LogP contribution in [-0.2, 0) is 19.1 Å². The molecular weight excluding hydrogens is 721 g/mol. The van der Waals surface area contributed by atoms with Gasteiger partial charge in [-0.1, -0.05) is 200 Å². The number of amides is 3. The van der Waals surface area contributed by atoms with E-state index in [0.717, 1.165) is 38.5 Å². The molecule has 0 spiro atoms. The minimum atomic E-state index is -1.79. The van der Waals surface area contributed by atoms with Crippen LogP contribution in [-0.4, -0.2) is 88.3 Å². The number of nitrogens with one attached hydrogen (secondary N) is 2. The second-order valence-corrected chi connectivity index (χ2v) is 17.0. The van der Waals surface area contributed by atoms with Crippen molar-refractivity contribution in [3.05, 3.63) is 0 Å². The van der Waals surface area contributed by atoms with Gasteiger partial charge in [0.25, 0.3) is 0 Å². The molecule has 57 heavy (non-hydrogen) atoms. The molecule has 11 nitrogen and oxygen atoms in total. The molecule has 1 rings (SSSR count). The molecule has 1 heterocycles. The van der Waals surface area contributed by atoms with Crippen LogP contribution in [0.5, 0.6) is 0 Å². The van der Waals surface area contributed by atoms with Gasteiger partial charge in [-0.15, -0.1) is 0 Å². The molecule has 0 bridgehead atoms. The summed E-state index contributed by atoms with van der Waals surface area (Å²) >= 11 is 0. The summed E-state index contributed by atoms with van der Waals surface area (Å²) in [6.07, 6.45) is 34.0. The molecule has 7 N–H and O–H groups in total. The third-order valence-electron chi connectivity index (χ3n) is 11.7. The normalized spacial score (nSPS) is 19.4. The highest BCUT2D eigenvalue weighted by Gasteiger charge is 2.52. The zero-order valence-corrected chi connectivity index (χ0v) is 36.9. The number of nitrogens with zero attached hydrogens (tertiary/aromatic N) is 1. The number of carbonyl (C=O) groups is 3. The molecule has 1 aliphatic heterocycles. The lowest BCUT2D eigenvalue weighted by Crippen LogP contribution is -2.72. The van der Waals surface area contributed by atoms with Crippen LogP contribution in [0.15, 0.2) is 0 Å². The monoisotopic (exact) mass is 811 g/mol. The van der Waals surface area contributed by atoms with Gasteiger partial charge in [0.2, 0.25) is 23.6 Å². The lowest BCUT2D eigenvalue weighted by Gasteiger charge is -2.50. The molecule has 0 unspecified atom stereocenters. The number of carbonyl (C=O) groups excluding carboxylic acids is 3. The summed E-state index contributed by atoms with van der Waals surface area (Å²) in [4.78, 5) is 40.5. The van der Waals surface area contributed by atoms with Crippen LogP contribution in [0.3, 0.4) is 0 Å². The number of hydrogen-bond acceptors (Lipinski definition) is 8. The predicted octanol–water partition coefficient (Wildman–Crippen LogP) is 8.69. The summed E-state index contributed by atoms with van der Waals surface area (Å²) < 4.78 is 6.18. The van der Waals surface area contributed by atoms with Gasteiger partial charge in [0.1, 0.15) is 12.2 Å². The first-order chi connectivity index (χ1) is 27.7. The maximum Gasteiger partial charge on any atom is 0.243 e. The van der Waals surface area contributed by atoms with E-state index in [1.165, 1.54) is 153 Å². The molecule has 0 saturated carbocycles. The summed E-state index contributed by atoms with van der Waals surface area (Å²) in [5, 5.41) is 36.8. The number of rotatable bonds is 39. The summed E-state index contributed by atoms with van der Waals surface area (Å²) in [5.41, 5.74) is 5.40. The standard InChI is InChI=1S/C46H90N4O7/c1-3-5-7-9-11-13-15-17-19-21-23-25-27-29-31-33-35-50(44(55)34-32-30-28-26-24-22-20-18-16-14-12-10-8-6-4-2)46(49-43(54)38-48-42(53)37-47)36-40(52)45(56)41(39-51)57-46/h40-41,45,51-52,56H,3-39,47H2,1-2H3,(H,48,53)(H,49,54)/t40-,41-,45+,46+/m1/s1. The third kappa shape index (κ3) is 26.1.